The van der Waals surface area contributed by atoms with Gasteiger partial charge < -0.3 is 4.74 Å². The van der Waals surface area contributed by atoms with E-state index < -0.39 is 22.0 Å². The quantitative estimate of drug-likeness (QED) is 0.365. The predicted octanol–water partition coefficient (Wildman–Crippen LogP) is 3.17. The molecular formula is C21H27N3O4S. The molecule has 0 aliphatic rings. The number of sulfonamides is 1. The lowest BCUT2D eigenvalue weighted by Gasteiger charge is -2.27. The number of nitrogens with one attached hydrogen (secondary N) is 1. The van der Waals surface area contributed by atoms with Crippen molar-refractivity contribution in [3.8, 4) is 5.75 Å². The van der Waals surface area contributed by atoms with Crippen molar-refractivity contribution < 1.29 is 17.9 Å². The summed E-state index contributed by atoms with van der Waals surface area (Å²) in [6.45, 7) is 4.30. The molecule has 156 valence electrons. The third kappa shape index (κ3) is 6.90. The van der Waals surface area contributed by atoms with Crippen LogP contribution in [0.1, 0.15) is 32.3 Å². The summed E-state index contributed by atoms with van der Waals surface area (Å²) < 4.78 is 31.1. The second-order valence-corrected chi connectivity index (χ2v) is 8.44. The SMILES string of the molecule is CCCCOc1ccc(/C=N\NC(=O)[C@@H](C)N(c2ccccc2)S(C)(=O)=O)cc1. The Morgan fingerprint density at radius 2 is 1.83 bits per heavy atom. The molecule has 1 amide bonds. The third-order valence-corrected chi connectivity index (χ3v) is 5.38. The zero-order valence-corrected chi connectivity index (χ0v) is 17.7. The van der Waals surface area contributed by atoms with Crippen molar-refractivity contribution in [2.75, 3.05) is 17.2 Å². The van der Waals surface area contributed by atoms with Gasteiger partial charge >= 0.3 is 0 Å². The molecule has 2 aromatic rings. The van der Waals surface area contributed by atoms with E-state index in [0.29, 0.717) is 12.3 Å². The Kier molecular flexibility index (Phi) is 8.21. The minimum Gasteiger partial charge on any atom is -0.494 e. The average molecular weight is 418 g/mol. The number of amides is 1. The third-order valence-electron chi connectivity index (χ3n) is 4.13. The van der Waals surface area contributed by atoms with Crippen LogP contribution in [0.3, 0.4) is 0 Å². The number of rotatable bonds is 10. The number of para-hydroxylation sites is 1. The predicted molar refractivity (Wildman–Crippen MR) is 116 cm³/mol. The monoisotopic (exact) mass is 417 g/mol. The van der Waals surface area contributed by atoms with E-state index in [0.717, 1.165) is 34.7 Å². The topological polar surface area (TPSA) is 88.1 Å². The van der Waals surface area contributed by atoms with E-state index in [1.165, 1.54) is 13.1 Å². The Hall–Kier alpha value is -2.87. The molecule has 7 nitrogen and oxygen atoms in total. The molecule has 0 spiro atoms. The van der Waals surface area contributed by atoms with Gasteiger partial charge in [-0.05, 0) is 55.3 Å². The Balaban J connectivity index is 1.99. The molecule has 0 heterocycles. The Morgan fingerprint density at radius 1 is 1.17 bits per heavy atom. The first-order chi connectivity index (χ1) is 13.8. The van der Waals surface area contributed by atoms with Crippen molar-refractivity contribution in [1.82, 2.24) is 5.43 Å². The highest BCUT2D eigenvalue weighted by atomic mass is 32.2. The number of ether oxygens (including phenoxy) is 1. The number of benzene rings is 2. The van der Waals surface area contributed by atoms with Gasteiger partial charge in [-0.2, -0.15) is 5.10 Å². The van der Waals surface area contributed by atoms with E-state index in [-0.39, 0.29) is 0 Å². The molecule has 2 aromatic carbocycles. The Bertz CT molecular complexity index is 913. The van der Waals surface area contributed by atoms with Crippen molar-refractivity contribution in [3.63, 3.8) is 0 Å². The van der Waals surface area contributed by atoms with Crippen molar-refractivity contribution in [1.29, 1.82) is 0 Å². The van der Waals surface area contributed by atoms with Gasteiger partial charge in [-0.15, -0.1) is 0 Å². The average Bonchev–Trinajstić information content (AvgIpc) is 2.69. The summed E-state index contributed by atoms with van der Waals surface area (Å²) >= 11 is 0. The molecule has 29 heavy (non-hydrogen) atoms. The molecule has 0 radical (unpaired) electrons. The van der Waals surface area contributed by atoms with E-state index in [1.54, 1.807) is 30.3 Å². The highest BCUT2D eigenvalue weighted by Crippen LogP contribution is 2.20. The van der Waals surface area contributed by atoms with E-state index in [1.807, 2.05) is 24.3 Å². The zero-order valence-electron chi connectivity index (χ0n) is 16.9. The van der Waals surface area contributed by atoms with Crippen LogP contribution in [0.4, 0.5) is 5.69 Å². The van der Waals surface area contributed by atoms with Crippen molar-refractivity contribution in [3.05, 3.63) is 60.2 Å². The minimum absolute atomic E-state index is 0.417. The second-order valence-electron chi connectivity index (χ2n) is 6.58. The molecule has 0 saturated heterocycles. The maximum Gasteiger partial charge on any atom is 0.263 e. The highest BCUT2D eigenvalue weighted by Gasteiger charge is 2.28. The summed E-state index contributed by atoms with van der Waals surface area (Å²) in [5, 5.41) is 3.94. The molecule has 0 bridgehead atoms. The minimum atomic E-state index is -3.65. The zero-order chi connectivity index (χ0) is 21.3. The molecule has 1 atom stereocenters. The van der Waals surface area contributed by atoms with Gasteiger partial charge in [0.15, 0.2) is 0 Å². The summed E-state index contributed by atoms with van der Waals surface area (Å²) in [5.74, 6) is 0.245. The maximum atomic E-state index is 12.4. The van der Waals surface area contributed by atoms with Crippen LogP contribution < -0.4 is 14.5 Å². The van der Waals surface area contributed by atoms with Gasteiger partial charge in [0.2, 0.25) is 10.0 Å². The van der Waals surface area contributed by atoms with Gasteiger partial charge in [0.1, 0.15) is 11.8 Å². The van der Waals surface area contributed by atoms with Crippen LogP contribution >= 0.6 is 0 Å². The Labute approximate surface area is 172 Å². The number of unbranched alkanes of at least 4 members (excludes halogenated alkanes) is 1. The van der Waals surface area contributed by atoms with Gasteiger partial charge in [-0.3, -0.25) is 9.10 Å². The largest absolute Gasteiger partial charge is 0.494 e. The fourth-order valence-electron chi connectivity index (χ4n) is 2.63. The number of hydrogen-bond acceptors (Lipinski definition) is 5. The smallest absolute Gasteiger partial charge is 0.263 e. The number of carbonyl (C=O) groups excluding carboxylic acids is 1. The van der Waals surface area contributed by atoms with Gasteiger partial charge in [-0.1, -0.05) is 31.5 Å². The molecule has 2 rings (SSSR count). The van der Waals surface area contributed by atoms with Crippen molar-refractivity contribution >= 4 is 27.8 Å². The number of anilines is 1. The van der Waals surface area contributed by atoms with Gasteiger partial charge in [0.25, 0.3) is 5.91 Å². The Morgan fingerprint density at radius 3 is 2.41 bits per heavy atom. The van der Waals surface area contributed by atoms with Crippen LogP contribution in [-0.4, -0.2) is 39.4 Å². The van der Waals surface area contributed by atoms with Crippen molar-refractivity contribution in [2.24, 2.45) is 5.10 Å². The molecule has 0 unspecified atom stereocenters. The lowest BCUT2D eigenvalue weighted by atomic mass is 10.2. The fourth-order valence-corrected chi connectivity index (χ4v) is 3.81. The standard InChI is InChI=1S/C21H27N3O4S/c1-4-5-15-28-20-13-11-18(12-14-20)16-22-23-21(25)17(2)24(29(3,26)27)19-9-7-6-8-10-19/h6-14,16-17H,4-5,15H2,1-3H3,(H,23,25)/b22-16-/t17-/m1/s1. The summed E-state index contributed by atoms with van der Waals surface area (Å²) in [6, 6.07) is 14.8. The van der Waals surface area contributed by atoms with Gasteiger partial charge in [-0.25, -0.2) is 13.8 Å². The molecule has 0 fully saturated rings. The van der Waals surface area contributed by atoms with Crippen LogP contribution in [0.25, 0.3) is 0 Å². The van der Waals surface area contributed by atoms with Crippen LogP contribution in [-0.2, 0) is 14.8 Å². The first kappa shape index (κ1) is 22.4. The summed E-state index contributed by atoms with van der Waals surface area (Å²) in [5.41, 5.74) is 3.60. The highest BCUT2D eigenvalue weighted by molar-refractivity contribution is 7.92. The van der Waals surface area contributed by atoms with Crippen LogP contribution in [0.15, 0.2) is 59.7 Å². The molecule has 0 aromatic heterocycles. The van der Waals surface area contributed by atoms with E-state index in [2.05, 4.69) is 17.5 Å². The molecule has 0 aliphatic heterocycles. The van der Waals surface area contributed by atoms with E-state index >= 15 is 0 Å². The molecule has 1 N–H and O–H groups in total. The van der Waals surface area contributed by atoms with Gasteiger partial charge in [0.05, 0.1) is 24.8 Å². The summed E-state index contributed by atoms with van der Waals surface area (Å²) in [7, 11) is -3.65. The molecule has 0 saturated carbocycles. The lowest BCUT2D eigenvalue weighted by molar-refractivity contribution is -0.121. The maximum absolute atomic E-state index is 12.4. The summed E-state index contributed by atoms with van der Waals surface area (Å²) in [6.07, 6.45) is 4.63. The number of hydrazone groups is 1. The van der Waals surface area contributed by atoms with Crippen molar-refractivity contribution in [2.45, 2.75) is 32.7 Å². The molecule has 0 aliphatic carbocycles. The van der Waals surface area contributed by atoms with Gasteiger partial charge in [0, 0.05) is 0 Å². The number of hydrogen-bond donors (Lipinski definition) is 1. The number of carbonyl (C=O) groups is 1. The summed E-state index contributed by atoms with van der Waals surface area (Å²) in [4.78, 5) is 12.4. The number of nitrogens with zero attached hydrogens (tertiary/aromatic N) is 2. The van der Waals surface area contributed by atoms with Crippen LogP contribution in [0.5, 0.6) is 5.75 Å². The first-order valence-electron chi connectivity index (χ1n) is 9.43. The van der Waals surface area contributed by atoms with Crippen LogP contribution in [0, 0.1) is 0 Å². The normalized spacial score (nSPS) is 12.5. The molecule has 8 heteroatoms. The molecular weight excluding hydrogens is 390 g/mol. The van der Waals surface area contributed by atoms with E-state index in [9.17, 15) is 13.2 Å². The van der Waals surface area contributed by atoms with Crippen LogP contribution in [0.2, 0.25) is 0 Å². The second kappa shape index (κ2) is 10.6. The fraction of sp³-hybridized carbons (Fsp3) is 0.333. The van der Waals surface area contributed by atoms with E-state index in [4.69, 9.17) is 4.74 Å². The lowest BCUT2D eigenvalue weighted by Crippen LogP contribution is -2.46. The first-order valence-corrected chi connectivity index (χ1v) is 11.3.